The highest BCUT2D eigenvalue weighted by Crippen LogP contribution is 2.36. The number of nitrogens with two attached hydrogens (primary N) is 2. The third-order valence-corrected chi connectivity index (χ3v) is 6.50. The molecule has 1 aliphatic rings. The third kappa shape index (κ3) is 4.01. The summed E-state index contributed by atoms with van der Waals surface area (Å²) in [6.07, 6.45) is 5.37. The number of rotatable bonds is 4. The van der Waals surface area contributed by atoms with Gasteiger partial charge in [-0.05, 0) is 43.9 Å². The van der Waals surface area contributed by atoms with Crippen LogP contribution in [0.3, 0.4) is 0 Å². The van der Waals surface area contributed by atoms with Crippen LogP contribution in [0.25, 0.3) is 21.9 Å². The van der Waals surface area contributed by atoms with Crippen molar-refractivity contribution in [3.63, 3.8) is 0 Å². The molecule has 5 N–H and O–H groups in total. The van der Waals surface area contributed by atoms with Crippen molar-refractivity contribution in [2.75, 3.05) is 23.3 Å². The van der Waals surface area contributed by atoms with E-state index in [1.807, 2.05) is 31.7 Å². The van der Waals surface area contributed by atoms with Crippen molar-refractivity contribution >= 4 is 39.7 Å². The van der Waals surface area contributed by atoms with Crippen molar-refractivity contribution in [2.24, 2.45) is 0 Å². The molecule has 0 saturated heterocycles. The van der Waals surface area contributed by atoms with E-state index >= 15 is 4.39 Å². The third-order valence-electron chi connectivity index (χ3n) is 6.50. The van der Waals surface area contributed by atoms with E-state index in [0.29, 0.717) is 45.8 Å². The first-order valence-corrected chi connectivity index (χ1v) is 11.4. The molecule has 1 amide bonds. The number of anilines is 4. The number of aromatic nitrogens is 4. The first-order valence-electron chi connectivity index (χ1n) is 11.4. The summed E-state index contributed by atoms with van der Waals surface area (Å²) in [7, 11) is 0. The molecule has 35 heavy (non-hydrogen) atoms. The maximum atomic E-state index is 15.2. The van der Waals surface area contributed by atoms with Gasteiger partial charge in [0.05, 0.1) is 17.6 Å². The number of amides is 1. The van der Waals surface area contributed by atoms with E-state index in [9.17, 15) is 4.79 Å². The number of nitrogens with one attached hydrogen (secondary N) is 1. The topological polar surface area (TPSA) is 128 Å². The van der Waals surface area contributed by atoms with Crippen LogP contribution in [0.5, 0.6) is 0 Å². The summed E-state index contributed by atoms with van der Waals surface area (Å²) in [5, 5.41) is 8.98. The first-order chi connectivity index (χ1) is 16.7. The lowest BCUT2D eigenvalue weighted by atomic mass is 9.97. The Bertz CT molecular complexity index is 1460. The van der Waals surface area contributed by atoms with Gasteiger partial charge in [-0.2, -0.15) is 5.10 Å². The van der Waals surface area contributed by atoms with Gasteiger partial charge in [0, 0.05) is 59.7 Å². The Morgan fingerprint density at radius 1 is 1.09 bits per heavy atom. The van der Waals surface area contributed by atoms with Crippen LogP contribution in [0.15, 0.2) is 36.8 Å². The van der Waals surface area contributed by atoms with Crippen molar-refractivity contribution in [3.8, 4) is 11.1 Å². The Morgan fingerprint density at radius 2 is 1.89 bits per heavy atom. The maximum Gasteiger partial charge on any atom is 0.244 e. The second-order valence-electron chi connectivity index (χ2n) is 9.08. The standard InChI is InChI=1S/C25H27FN8O/c1-13(2)33-5-4-16-8-22(32-34(16)12-23(33)35)31-21-7-15-6-17(18-9-29-11-20(27)14(18)3)24(26)25(28)19(15)10-30-21/h6-11,13H,4-5,12,27-28H2,1-3H3,(H,30,31,32). The van der Waals surface area contributed by atoms with Gasteiger partial charge in [-0.1, -0.05) is 0 Å². The molecule has 180 valence electrons. The predicted molar refractivity (Wildman–Crippen MR) is 135 cm³/mol. The molecule has 1 aromatic carbocycles. The van der Waals surface area contributed by atoms with Crippen LogP contribution in [0.2, 0.25) is 0 Å². The van der Waals surface area contributed by atoms with Crippen LogP contribution < -0.4 is 16.8 Å². The molecule has 4 heterocycles. The monoisotopic (exact) mass is 474 g/mol. The summed E-state index contributed by atoms with van der Waals surface area (Å²) >= 11 is 0. The van der Waals surface area contributed by atoms with E-state index < -0.39 is 5.82 Å². The van der Waals surface area contributed by atoms with E-state index in [0.717, 1.165) is 17.7 Å². The van der Waals surface area contributed by atoms with Gasteiger partial charge in [0.15, 0.2) is 11.6 Å². The molecule has 0 fully saturated rings. The highest BCUT2D eigenvalue weighted by atomic mass is 19.1. The number of fused-ring (bicyclic) bond motifs is 2. The Hall–Kier alpha value is -4.21. The van der Waals surface area contributed by atoms with Crippen LogP contribution in [0.4, 0.5) is 27.4 Å². The fourth-order valence-corrected chi connectivity index (χ4v) is 4.49. The Balaban J connectivity index is 1.48. The number of hydrogen-bond donors (Lipinski definition) is 3. The predicted octanol–water partition coefficient (Wildman–Crippen LogP) is 3.64. The van der Waals surface area contributed by atoms with E-state index in [2.05, 4.69) is 20.4 Å². The molecule has 0 atom stereocenters. The fraction of sp³-hybridized carbons (Fsp3) is 0.280. The second-order valence-corrected chi connectivity index (χ2v) is 9.08. The zero-order valence-electron chi connectivity index (χ0n) is 19.8. The number of hydrogen-bond acceptors (Lipinski definition) is 7. The van der Waals surface area contributed by atoms with Gasteiger partial charge in [-0.3, -0.25) is 14.5 Å². The van der Waals surface area contributed by atoms with Gasteiger partial charge >= 0.3 is 0 Å². The van der Waals surface area contributed by atoms with Gasteiger partial charge < -0.3 is 21.7 Å². The molecule has 5 rings (SSSR count). The fourth-order valence-electron chi connectivity index (χ4n) is 4.49. The summed E-state index contributed by atoms with van der Waals surface area (Å²) in [6.45, 7) is 6.70. The van der Waals surface area contributed by atoms with Crippen molar-refractivity contribution in [1.29, 1.82) is 0 Å². The SMILES string of the molecule is Cc1c(N)cncc1-c1cc2cc(Nc3cc4n(n3)CC(=O)N(C(C)C)CC4)ncc2c(N)c1F. The number of halogens is 1. The lowest BCUT2D eigenvalue weighted by Crippen LogP contribution is -2.38. The Morgan fingerprint density at radius 3 is 2.66 bits per heavy atom. The van der Waals surface area contributed by atoms with Crippen molar-refractivity contribution in [3.05, 3.63) is 53.9 Å². The molecule has 0 spiro atoms. The molecule has 0 aliphatic carbocycles. The molecular weight excluding hydrogens is 447 g/mol. The highest BCUT2D eigenvalue weighted by Gasteiger charge is 2.24. The summed E-state index contributed by atoms with van der Waals surface area (Å²) in [5.74, 6) is 0.631. The number of nitrogen functional groups attached to an aromatic ring is 2. The number of carbonyl (C=O) groups is 1. The molecular formula is C25H27FN8O. The summed E-state index contributed by atoms with van der Waals surface area (Å²) in [5.41, 5.74) is 15.2. The minimum absolute atomic E-state index is 0.0142. The Labute approximate surface area is 202 Å². The first kappa shape index (κ1) is 22.6. The summed E-state index contributed by atoms with van der Waals surface area (Å²) in [4.78, 5) is 22.9. The van der Waals surface area contributed by atoms with Crippen LogP contribution in [-0.4, -0.2) is 43.1 Å². The molecule has 0 saturated carbocycles. The van der Waals surface area contributed by atoms with Crippen molar-refractivity contribution in [2.45, 2.75) is 39.8 Å². The number of carbonyl (C=O) groups excluding carboxylic acids is 1. The van der Waals surface area contributed by atoms with Gasteiger partial charge in [0.1, 0.15) is 12.4 Å². The summed E-state index contributed by atoms with van der Waals surface area (Å²) in [6, 6.07) is 5.59. The van der Waals surface area contributed by atoms with Crippen LogP contribution in [0, 0.1) is 12.7 Å². The zero-order chi connectivity index (χ0) is 24.9. The van der Waals surface area contributed by atoms with Gasteiger partial charge in [-0.15, -0.1) is 0 Å². The molecule has 1 aliphatic heterocycles. The zero-order valence-corrected chi connectivity index (χ0v) is 19.8. The number of benzene rings is 1. The normalized spacial score (nSPS) is 13.9. The molecule has 10 heteroatoms. The lowest BCUT2D eigenvalue weighted by Gasteiger charge is -2.24. The highest BCUT2D eigenvalue weighted by molar-refractivity contribution is 5.98. The van der Waals surface area contributed by atoms with Crippen LogP contribution in [0.1, 0.15) is 25.1 Å². The van der Waals surface area contributed by atoms with Crippen molar-refractivity contribution < 1.29 is 9.18 Å². The quantitative estimate of drug-likeness (QED) is 0.385. The van der Waals surface area contributed by atoms with Gasteiger partial charge in [-0.25, -0.2) is 9.37 Å². The van der Waals surface area contributed by atoms with E-state index in [-0.39, 0.29) is 24.2 Å². The minimum atomic E-state index is -0.534. The van der Waals surface area contributed by atoms with Crippen LogP contribution >= 0.6 is 0 Å². The molecule has 3 aromatic heterocycles. The van der Waals surface area contributed by atoms with Crippen molar-refractivity contribution in [1.82, 2.24) is 24.6 Å². The largest absolute Gasteiger partial charge is 0.397 e. The number of nitrogens with zero attached hydrogens (tertiary/aromatic N) is 5. The molecule has 0 bridgehead atoms. The minimum Gasteiger partial charge on any atom is -0.397 e. The van der Waals surface area contributed by atoms with Gasteiger partial charge in [0.2, 0.25) is 5.91 Å². The average Bonchev–Trinajstić information content (AvgIpc) is 3.11. The number of pyridine rings is 2. The smallest absolute Gasteiger partial charge is 0.244 e. The molecule has 0 unspecified atom stereocenters. The lowest BCUT2D eigenvalue weighted by molar-refractivity contribution is -0.133. The van der Waals surface area contributed by atoms with E-state index in [4.69, 9.17) is 11.5 Å². The second kappa shape index (κ2) is 8.53. The summed E-state index contributed by atoms with van der Waals surface area (Å²) < 4.78 is 16.9. The van der Waals surface area contributed by atoms with E-state index in [1.165, 1.54) is 12.4 Å². The molecule has 4 aromatic rings. The maximum absolute atomic E-state index is 15.2. The molecule has 0 radical (unpaired) electrons. The Kier molecular flexibility index (Phi) is 5.50. The van der Waals surface area contributed by atoms with Gasteiger partial charge in [0.25, 0.3) is 0 Å². The van der Waals surface area contributed by atoms with Crippen LogP contribution in [-0.2, 0) is 17.8 Å². The molecule has 9 nitrogen and oxygen atoms in total. The average molecular weight is 475 g/mol. The van der Waals surface area contributed by atoms with E-state index in [1.54, 1.807) is 23.0 Å².